The Morgan fingerprint density at radius 3 is 2.43 bits per heavy atom. The van der Waals surface area contributed by atoms with Crippen molar-refractivity contribution >= 4 is 6.03 Å². The lowest BCUT2D eigenvalue weighted by molar-refractivity contribution is -0.137. The molecule has 2 aromatic carbocycles. The Bertz CT molecular complexity index is 895. The third-order valence-electron chi connectivity index (χ3n) is 4.97. The quantitative estimate of drug-likeness (QED) is 0.775. The van der Waals surface area contributed by atoms with Gasteiger partial charge in [-0.3, -0.25) is 4.90 Å². The summed E-state index contributed by atoms with van der Waals surface area (Å²) in [5.74, 6) is 5.37. The Balaban J connectivity index is 1.39. The Labute approximate surface area is 174 Å². The Hall–Kier alpha value is -2.98. The third kappa shape index (κ3) is 6.53. The molecule has 1 heterocycles. The van der Waals surface area contributed by atoms with E-state index in [0.29, 0.717) is 13.1 Å². The molecule has 1 N–H and O–H groups in total. The van der Waals surface area contributed by atoms with Gasteiger partial charge >= 0.3 is 12.2 Å². The van der Waals surface area contributed by atoms with Gasteiger partial charge in [-0.05, 0) is 30.2 Å². The first-order valence-corrected chi connectivity index (χ1v) is 9.87. The highest BCUT2D eigenvalue weighted by atomic mass is 19.4. The predicted octanol–water partition coefficient (Wildman–Crippen LogP) is 3.63. The second kappa shape index (κ2) is 10.2. The maximum Gasteiger partial charge on any atom is 0.416 e. The molecule has 1 saturated heterocycles. The number of benzene rings is 2. The van der Waals surface area contributed by atoms with Gasteiger partial charge in [0.25, 0.3) is 0 Å². The van der Waals surface area contributed by atoms with Crippen molar-refractivity contribution in [3.8, 4) is 11.8 Å². The van der Waals surface area contributed by atoms with Crippen LogP contribution in [0.5, 0.6) is 0 Å². The maximum absolute atomic E-state index is 12.7. The van der Waals surface area contributed by atoms with Crippen LogP contribution in [0, 0.1) is 11.8 Å². The van der Waals surface area contributed by atoms with E-state index in [0.717, 1.165) is 38.2 Å². The molecule has 1 aliphatic rings. The number of nitrogens with zero attached hydrogens (tertiary/aromatic N) is 2. The molecule has 3 rings (SSSR count). The van der Waals surface area contributed by atoms with Gasteiger partial charge in [-0.2, -0.15) is 13.2 Å². The zero-order valence-corrected chi connectivity index (χ0v) is 16.6. The minimum absolute atomic E-state index is 0.0866. The molecule has 0 aromatic heterocycles. The standard InChI is InChI=1S/C23H24F3N3O/c24-23(25,26)21-10-4-8-20(18-21)9-5-12-27-22(30)29-16-14-28(15-17-29)13-11-19-6-2-1-3-7-19/h1-4,6-8,10,18H,11-17H2,(H,27,30). The van der Waals surface area contributed by atoms with Crippen LogP contribution in [0.15, 0.2) is 54.6 Å². The molecule has 158 valence electrons. The van der Waals surface area contributed by atoms with Gasteiger partial charge in [0.15, 0.2) is 0 Å². The summed E-state index contributed by atoms with van der Waals surface area (Å²) in [4.78, 5) is 16.3. The number of amides is 2. The van der Waals surface area contributed by atoms with Crippen LogP contribution < -0.4 is 5.32 Å². The summed E-state index contributed by atoms with van der Waals surface area (Å²) in [5.41, 5.74) is 0.839. The second-order valence-electron chi connectivity index (χ2n) is 7.10. The first kappa shape index (κ1) is 21.7. The highest BCUT2D eigenvalue weighted by Crippen LogP contribution is 2.29. The van der Waals surface area contributed by atoms with Crippen molar-refractivity contribution in [2.45, 2.75) is 12.6 Å². The van der Waals surface area contributed by atoms with Crippen molar-refractivity contribution in [3.05, 3.63) is 71.3 Å². The van der Waals surface area contributed by atoms with E-state index in [-0.39, 0.29) is 18.1 Å². The van der Waals surface area contributed by atoms with Gasteiger partial charge in [0.05, 0.1) is 12.1 Å². The van der Waals surface area contributed by atoms with Crippen LogP contribution in [-0.4, -0.2) is 55.1 Å². The van der Waals surface area contributed by atoms with E-state index in [1.165, 1.54) is 17.7 Å². The minimum Gasteiger partial charge on any atom is -0.327 e. The van der Waals surface area contributed by atoms with Gasteiger partial charge in [-0.15, -0.1) is 0 Å². The van der Waals surface area contributed by atoms with E-state index in [4.69, 9.17) is 0 Å². The van der Waals surface area contributed by atoms with Gasteiger partial charge in [-0.25, -0.2) is 4.79 Å². The van der Waals surface area contributed by atoms with E-state index in [9.17, 15) is 18.0 Å². The number of rotatable bonds is 4. The van der Waals surface area contributed by atoms with Crippen molar-refractivity contribution < 1.29 is 18.0 Å². The normalized spacial score (nSPS) is 14.7. The maximum atomic E-state index is 12.7. The summed E-state index contributed by atoms with van der Waals surface area (Å²) in [5, 5.41) is 2.71. The molecule has 0 bridgehead atoms. The molecule has 0 spiro atoms. The van der Waals surface area contributed by atoms with Gasteiger partial charge in [0.1, 0.15) is 0 Å². The van der Waals surface area contributed by atoms with Crippen molar-refractivity contribution in [1.29, 1.82) is 0 Å². The average molecular weight is 415 g/mol. The average Bonchev–Trinajstić information content (AvgIpc) is 2.76. The second-order valence-corrected chi connectivity index (χ2v) is 7.10. The van der Waals surface area contributed by atoms with Gasteiger partial charge < -0.3 is 10.2 Å². The largest absolute Gasteiger partial charge is 0.416 e. The molecule has 2 aromatic rings. The molecule has 30 heavy (non-hydrogen) atoms. The summed E-state index contributed by atoms with van der Waals surface area (Å²) in [6.45, 7) is 3.96. The molecule has 7 heteroatoms. The summed E-state index contributed by atoms with van der Waals surface area (Å²) in [6, 6.07) is 15.0. The molecule has 0 saturated carbocycles. The number of piperazine rings is 1. The van der Waals surface area contributed by atoms with Gasteiger partial charge in [0, 0.05) is 38.3 Å². The van der Waals surface area contributed by atoms with Crippen molar-refractivity contribution in [2.24, 2.45) is 0 Å². The van der Waals surface area contributed by atoms with Gasteiger partial charge in [-0.1, -0.05) is 48.2 Å². The number of nitrogens with one attached hydrogen (secondary N) is 1. The summed E-state index contributed by atoms with van der Waals surface area (Å²) in [7, 11) is 0. The number of hydrogen-bond donors (Lipinski definition) is 1. The van der Waals surface area contributed by atoms with Crippen LogP contribution in [0.3, 0.4) is 0 Å². The molecular weight excluding hydrogens is 391 g/mol. The predicted molar refractivity (Wildman–Crippen MR) is 110 cm³/mol. The zero-order valence-electron chi connectivity index (χ0n) is 16.6. The lowest BCUT2D eigenvalue weighted by atomic mass is 10.1. The number of urea groups is 1. The molecule has 0 radical (unpaired) electrons. The number of hydrogen-bond acceptors (Lipinski definition) is 2. The molecular formula is C23H24F3N3O. The fourth-order valence-electron chi connectivity index (χ4n) is 3.26. The van der Waals surface area contributed by atoms with Crippen LogP contribution in [0.2, 0.25) is 0 Å². The monoisotopic (exact) mass is 415 g/mol. The van der Waals surface area contributed by atoms with Crippen LogP contribution in [0.4, 0.5) is 18.0 Å². The SMILES string of the molecule is O=C(NCC#Cc1cccc(C(F)(F)F)c1)N1CCN(CCc2ccccc2)CC1. The molecule has 0 atom stereocenters. The minimum atomic E-state index is -4.39. The van der Waals surface area contributed by atoms with Crippen molar-refractivity contribution in [3.63, 3.8) is 0 Å². The molecule has 2 amide bonds. The summed E-state index contributed by atoms with van der Waals surface area (Å²) >= 11 is 0. The van der Waals surface area contributed by atoms with Crippen LogP contribution in [0.25, 0.3) is 0 Å². The summed E-state index contributed by atoms with van der Waals surface area (Å²) in [6.07, 6.45) is -3.41. The number of halogens is 3. The topological polar surface area (TPSA) is 35.6 Å². The van der Waals surface area contributed by atoms with Crippen LogP contribution in [-0.2, 0) is 12.6 Å². The van der Waals surface area contributed by atoms with Gasteiger partial charge in [0.2, 0.25) is 0 Å². The lowest BCUT2D eigenvalue weighted by Crippen LogP contribution is -2.52. The van der Waals surface area contributed by atoms with Crippen molar-refractivity contribution in [2.75, 3.05) is 39.3 Å². The Morgan fingerprint density at radius 2 is 1.73 bits per heavy atom. The number of carbonyl (C=O) groups excluding carboxylic acids is 1. The smallest absolute Gasteiger partial charge is 0.327 e. The molecule has 1 fully saturated rings. The highest BCUT2D eigenvalue weighted by molar-refractivity contribution is 5.74. The Morgan fingerprint density at radius 1 is 1.00 bits per heavy atom. The first-order chi connectivity index (χ1) is 14.4. The molecule has 4 nitrogen and oxygen atoms in total. The van der Waals surface area contributed by atoms with E-state index >= 15 is 0 Å². The fourth-order valence-corrected chi connectivity index (χ4v) is 3.26. The molecule has 1 aliphatic heterocycles. The fraction of sp³-hybridized carbons (Fsp3) is 0.348. The number of carbonyl (C=O) groups is 1. The van der Waals surface area contributed by atoms with Crippen LogP contribution >= 0.6 is 0 Å². The van der Waals surface area contributed by atoms with Crippen molar-refractivity contribution in [1.82, 2.24) is 15.1 Å². The van der Waals surface area contributed by atoms with E-state index in [2.05, 4.69) is 34.2 Å². The molecule has 0 unspecified atom stereocenters. The highest BCUT2D eigenvalue weighted by Gasteiger charge is 2.30. The van der Waals surface area contributed by atoms with E-state index in [1.54, 1.807) is 4.90 Å². The third-order valence-corrected chi connectivity index (χ3v) is 4.97. The number of alkyl halides is 3. The molecule has 0 aliphatic carbocycles. The summed E-state index contributed by atoms with van der Waals surface area (Å²) < 4.78 is 38.1. The Kier molecular flexibility index (Phi) is 7.36. The first-order valence-electron chi connectivity index (χ1n) is 9.87. The zero-order chi connectivity index (χ0) is 21.4. The van der Waals surface area contributed by atoms with E-state index in [1.807, 2.05) is 18.2 Å². The van der Waals surface area contributed by atoms with Crippen LogP contribution in [0.1, 0.15) is 16.7 Å². The van der Waals surface area contributed by atoms with E-state index < -0.39 is 11.7 Å². The lowest BCUT2D eigenvalue weighted by Gasteiger charge is -2.34.